The normalized spacial score (nSPS) is 9.75. The first-order chi connectivity index (χ1) is 3.91. The molecule has 0 atom stereocenters. The highest BCUT2D eigenvalue weighted by molar-refractivity contribution is 6.35. The molecule has 0 fully saturated rings. The Labute approximate surface area is 53.5 Å². The van der Waals surface area contributed by atoms with Crippen LogP contribution in [0.25, 0.3) is 0 Å². The quantitative estimate of drug-likeness (QED) is 0.393. The summed E-state index contributed by atoms with van der Waals surface area (Å²) in [7, 11) is 0.615. The number of nitrogens with two attached hydrogens (primary N) is 2. The lowest BCUT2D eigenvalue weighted by Gasteiger charge is -1.92. The fraction of sp³-hybridized carbons (Fsp3) is 1.00. The van der Waals surface area contributed by atoms with Crippen molar-refractivity contribution in [3.8, 4) is 0 Å². The lowest BCUT2D eigenvalue weighted by atomic mass is 10.5. The van der Waals surface area contributed by atoms with Crippen LogP contribution in [0.2, 0.25) is 12.1 Å². The summed E-state index contributed by atoms with van der Waals surface area (Å²) in [5.74, 6) is 0. The third kappa shape index (κ3) is 6.14. The Balaban J connectivity index is 2.53. The molecule has 1 radical (unpaired) electrons. The predicted octanol–water partition coefficient (Wildman–Crippen LogP) is -0.433. The van der Waals surface area contributed by atoms with E-state index in [1.807, 2.05) is 0 Å². The molecular formula is C5H15N2Si. The van der Waals surface area contributed by atoms with E-state index in [9.17, 15) is 0 Å². The van der Waals surface area contributed by atoms with Gasteiger partial charge in [-0.1, -0.05) is 6.04 Å². The van der Waals surface area contributed by atoms with Crippen molar-refractivity contribution in [2.75, 3.05) is 13.1 Å². The molecule has 0 aliphatic carbocycles. The molecule has 2 nitrogen and oxygen atoms in total. The van der Waals surface area contributed by atoms with Crippen LogP contribution in [-0.2, 0) is 0 Å². The van der Waals surface area contributed by atoms with Gasteiger partial charge in [0.1, 0.15) is 0 Å². The molecule has 0 amide bonds. The van der Waals surface area contributed by atoms with E-state index in [2.05, 4.69) is 0 Å². The highest BCUT2D eigenvalue weighted by atomic mass is 28.2. The van der Waals surface area contributed by atoms with Gasteiger partial charge in [-0.3, -0.25) is 0 Å². The van der Waals surface area contributed by atoms with Gasteiger partial charge in [-0.15, -0.1) is 0 Å². The standard InChI is InChI=1S/C5H15N2Si/c6-2-1-4-8-5-3-7/h8H,1-7H2. The van der Waals surface area contributed by atoms with E-state index < -0.39 is 0 Å². The van der Waals surface area contributed by atoms with Crippen molar-refractivity contribution in [2.45, 2.75) is 18.5 Å². The molecule has 0 aliphatic heterocycles. The smallest absolute Gasteiger partial charge is 0.0294 e. The van der Waals surface area contributed by atoms with Crippen LogP contribution >= 0.6 is 0 Å². The first-order valence-corrected chi connectivity index (χ1v) is 4.77. The maximum absolute atomic E-state index is 5.30. The summed E-state index contributed by atoms with van der Waals surface area (Å²) in [6.45, 7) is 1.71. The molecule has 3 heteroatoms. The number of hydrogen-bond donors (Lipinski definition) is 2. The molecule has 0 heterocycles. The summed E-state index contributed by atoms with van der Waals surface area (Å²) in [5.41, 5.74) is 10.6. The van der Waals surface area contributed by atoms with E-state index in [0.717, 1.165) is 13.1 Å². The van der Waals surface area contributed by atoms with Crippen LogP contribution in [0.1, 0.15) is 6.42 Å². The molecule has 8 heavy (non-hydrogen) atoms. The second-order valence-electron chi connectivity index (χ2n) is 1.80. The van der Waals surface area contributed by atoms with Crippen LogP contribution in [0.4, 0.5) is 0 Å². The minimum absolute atomic E-state index is 0.615. The van der Waals surface area contributed by atoms with Crippen molar-refractivity contribution in [3.63, 3.8) is 0 Å². The summed E-state index contributed by atoms with van der Waals surface area (Å²) < 4.78 is 0. The van der Waals surface area contributed by atoms with Gasteiger partial charge in [-0.05, 0) is 25.6 Å². The number of rotatable bonds is 5. The van der Waals surface area contributed by atoms with Gasteiger partial charge in [0.15, 0.2) is 0 Å². The first kappa shape index (κ1) is 8.14. The van der Waals surface area contributed by atoms with E-state index in [1.54, 1.807) is 0 Å². The van der Waals surface area contributed by atoms with Crippen LogP contribution in [-0.4, -0.2) is 22.6 Å². The van der Waals surface area contributed by atoms with Gasteiger partial charge in [0.05, 0.1) is 0 Å². The summed E-state index contributed by atoms with van der Waals surface area (Å²) in [4.78, 5) is 0. The third-order valence-electron chi connectivity index (χ3n) is 0.983. The van der Waals surface area contributed by atoms with Crippen molar-refractivity contribution in [3.05, 3.63) is 0 Å². The largest absolute Gasteiger partial charge is 0.331 e. The van der Waals surface area contributed by atoms with Gasteiger partial charge >= 0.3 is 0 Å². The Kier molecular flexibility index (Phi) is 7.26. The molecular weight excluding hydrogens is 116 g/mol. The third-order valence-corrected chi connectivity index (χ3v) is 2.54. The van der Waals surface area contributed by atoms with E-state index >= 15 is 0 Å². The van der Waals surface area contributed by atoms with E-state index in [1.165, 1.54) is 18.5 Å². The van der Waals surface area contributed by atoms with Crippen molar-refractivity contribution in [1.82, 2.24) is 0 Å². The molecule has 49 valence electrons. The number of hydrogen-bond acceptors (Lipinski definition) is 2. The lowest BCUT2D eigenvalue weighted by Crippen LogP contribution is -2.05. The first-order valence-electron chi connectivity index (χ1n) is 3.13. The Morgan fingerprint density at radius 3 is 2.25 bits per heavy atom. The second kappa shape index (κ2) is 7.14. The van der Waals surface area contributed by atoms with Crippen molar-refractivity contribution < 1.29 is 0 Å². The Bertz CT molecular complexity index is 35.4. The summed E-state index contributed by atoms with van der Waals surface area (Å²) in [6.07, 6.45) is 1.19. The molecule has 0 aromatic rings. The van der Waals surface area contributed by atoms with Crippen LogP contribution in [0.3, 0.4) is 0 Å². The zero-order valence-corrected chi connectivity index (χ0v) is 6.42. The molecule has 0 bridgehead atoms. The fourth-order valence-electron chi connectivity index (χ4n) is 0.524. The van der Waals surface area contributed by atoms with Gasteiger partial charge in [-0.2, -0.15) is 0 Å². The maximum atomic E-state index is 5.30. The molecule has 0 aliphatic rings. The average molecular weight is 131 g/mol. The maximum Gasteiger partial charge on any atom is 0.0294 e. The Morgan fingerprint density at radius 1 is 1.00 bits per heavy atom. The van der Waals surface area contributed by atoms with E-state index in [0.29, 0.717) is 9.52 Å². The van der Waals surface area contributed by atoms with Crippen molar-refractivity contribution >= 4 is 9.52 Å². The summed E-state index contributed by atoms with van der Waals surface area (Å²) >= 11 is 0. The minimum Gasteiger partial charge on any atom is -0.331 e. The molecule has 0 unspecified atom stereocenters. The monoisotopic (exact) mass is 131 g/mol. The summed E-state index contributed by atoms with van der Waals surface area (Å²) in [6, 6.07) is 2.56. The van der Waals surface area contributed by atoms with Crippen molar-refractivity contribution in [2.24, 2.45) is 11.5 Å². The predicted molar refractivity (Wildman–Crippen MR) is 39.5 cm³/mol. The lowest BCUT2D eigenvalue weighted by molar-refractivity contribution is 0.920. The molecule has 0 aromatic carbocycles. The van der Waals surface area contributed by atoms with Crippen LogP contribution < -0.4 is 11.5 Å². The second-order valence-corrected chi connectivity index (χ2v) is 3.53. The fourth-order valence-corrected chi connectivity index (χ4v) is 1.57. The van der Waals surface area contributed by atoms with Crippen LogP contribution in [0.5, 0.6) is 0 Å². The van der Waals surface area contributed by atoms with Crippen LogP contribution in [0.15, 0.2) is 0 Å². The van der Waals surface area contributed by atoms with Gasteiger partial charge in [0.2, 0.25) is 0 Å². The molecule has 0 spiro atoms. The zero-order chi connectivity index (χ0) is 6.24. The minimum atomic E-state index is 0.615. The average Bonchev–Trinajstić information content (AvgIpc) is 1.81. The summed E-state index contributed by atoms with van der Waals surface area (Å²) in [5, 5.41) is 0. The highest BCUT2D eigenvalue weighted by Crippen LogP contribution is 1.87. The van der Waals surface area contributed by atoms with Gasteiger partial charge in [0, 0.05) is 9.52 Å². The Hall–Kier alpha value is 0.137. The van der Waals surface area contributed by atoms with Crippen molar-refractivity contribution in [1.29, 1.82) is 0 Å². The van der Waals surface area contributed by atoms with Gasteiger partial charge < -0.3 is 11.5 Å². The molecule has 0 saturated carbocycles. The molecule has 0 saturated heterocycles. The SMILES string of the molecule is NCCC[SiH]CCN. The molecule has 0 rings (SSSR count). The topological polar surface area (TPSA) is 52.0 Å². The zero-order valence-electron chi connectivity index (χ0n) is 5.27. The van der Waals surface area contributed by atoms with E-state index in [-0.39, 0.29) is 0 Å². The van der Waals surface area contributed by atoms with Gasteiger partial charge in [0.25, 0.3) is 0 Å². The van der Waals surface area contributed by atoms with E-state index in [4.69, 9.17) is 11.5 Å². The van der Waals surface area contributed by atoms with Gasteiger partial charge in [-0.25, -0.2) is 0 Å². The Morgan fingerprint density at radius 2 is 1.75 bits per heavy atom. The highest BCUT2D eigenvalue weighted by Gasteiger charge is 1.85. The molecule has 4 N–H and O–H groups in total. The molecule has 0 aromatic heterocycles. The van der Waals surface area contributed by atoms with Crippen LogP contribution in [0, 0.1) is 0 Å².